The van der Waals surface area contributed by atoms with E-state index in [2.05, 4.69) is 10.6 Å². The van der Waals surface area contributed by atoms with Crippen LogP contribution in [-0.4, -0.2) is 80.0 Å². The van der Waals surface area contributed by atoms with Gasteiger partial charge in [0, 0.05) is 37.1 Å². The summed E-state index contributed by atoms with van der Waals surface area (Å²) < 4.78 is 57.4. The maximum atomic E-state index is 12.5. The third kappa shape index (κ3) is 8.61. The topological polar surface area (TPSA) is 145 Å². The second kappa shape index (κ2) is 13.2. The number of ether oxygens (including phenoxy) is 2. The molecule has 0 aliphatic carbocycles. The zero-order valence-electron chi connectivity index (χ0n) is 20.2. The molecule has 0 bridgehead atoms. The number of carbonyl (C=O) groups is 2. The molecule has 0 aliphatic rings. The molecule has 14 heteroatoms. The van der Waals surface area contributed by atoms with Crippen molar-refractivity contribution in [1.82, 2.24) is 10.6 Å². The molecule has 0 atom stereocenters. The van der Waals surface area contributed by atoms with Crippen LogP contribution >= 0.6 is 21.6 Å². The van der Waals surface area contributed by atoms with Gasteiger partial charge in [0.05, 0.1) is 35.1 Å². The Kier molecular flexibility index (Phi) is 10.9. The summed E-state index contributed by atoms with van der Waals surface area (Å²) in [4.78, 5) is 25.0. The number of benzene rings is 2. The smallest absolute Gasteiger partial charge is 0.255 e. The molecule has 0 aliphatic heterocycles. The van der Waals surface area contributed by atoms with Gasteiger partial charge in [-0.05, 0) is 36.4 Å². The number of hydrogen-bond donors (Lipinski definition) is 2. The molecule has 0 spiro atoms. The number of methoxy groups -OCH3 is 2. The third-order valence-electron chi connectivity index (χ3n) is 4.71. The molecule has 0 aromatic heterocycles. The van der Waals surface area contributed by atoms with Gasteiger partial charge in [-0.3, -0.25) is 9.59 Å². The van der Waals surface area contributed by atoms with E-state index in [0.29, 0.717) is 24.6 Å². The Bertz CT molecular complexity index is 1210. The Balaban J connectivity index is 1.77. The molecule has 0 radical (unpaired) electrons. The summed E-state index contributed by atoms with van der Waals surface area (Å²) >= 11 is 0. The van der Waals surface area contributed by atoms with Crippen molar-refractivity contribution in [2.24, 2.45) is 0 Å². The quantitative estimate of drug-likeness (QED) is 0.268. The summed E-state index contributed by atoms with van der Waals surface area (Å²) in [6.07, 6.45) is 2.13. The van der Waals surface area contributed by atoms with E-state index in [-0.39, 0.29) is 32.4 Å². The van der Waals surface area contributed by atoms with Gasteiger partial charge in [-0.25, -0.2) is 16.8 Å². The first-order valence-corrected chi connectivity index (χ1v) is 16.7. The number of sulfone groups is 2. The zero-order chi connectivity index (χ0) is 26.9. The summed E-state index contributed by atoms with van der Waals surface area (Å²) in [6.45, 7) is 0.676. The first-order chi connectivity index (χ1) is 16.9. The summed E-state index contributed by atoms with van der Waals surface area (Å²) in [5.74, 6) is 0.805. The molecule has 36 heavy (non-hydrogen) atoms. The van der Waals surface area contributed by atoms with Gasteiger partial charge < -0.3 is 20.1 Å². The lowest BCUT2D eigenvalue weighted by Crippen LogP contribution is -2.27. The van der Waals surface area contributed by atoms with Crippen molar-refractivity contribution in [1.29, 1.82) is 0 Å². The molecule has 0 heterocycles. The monoisotopic (exact) mass is 576 g/mol. The minimum absolute atomic E-state index is 0.0288. The summed E-state index contributed by atoms with van der Waals surface area (Å²) in [5, 5.41) is 5.46. The number of hydrogen-bond acceptors (Lipinski definition) is 10. The molecular weight excluding hydrogens is 549 g/mol. The van der Waals surface area contributed by atoms with Crippen LogP contribution in [0.15, 0.2) is 46.2 Å². The average molecular weight is 577 g/mol. The van der Waals surface area contributed by atoms with Crippen molar-refractivity contribution in [3.8, 4) is 11.5 Å². The fourth-order valence-corrected chi connectivity index (χ4v) is 6.02. The SMILES string of the molecule is COc1ccc(S(C)(=O)=O)cc1C(=O)NCCSSCCNC(=O)c1cc(S(C)(=O)=O)ccc1OC. The lowest BCUT2D eigenvalue weighted by molar-refractivity contribution is 0.0944. The number of nitrogens with one attached hydrogen (secondary N) is 2. The van der Waals surface area contributed by atoms with Gasteiger partial charge in [-0.15, -0.1) is 0 Å². The lowest BCUT2D eigenvalue weighted by Gasteiger charge is -2.11. The van der Waals surface area contributed by atoms with E-state index < -0.39 is 31.5 Å². The summed E-state index contributed by atoms with van der Waals surface area (Å²) in [5.41, 5.74) is 0.271. The van der Waals surface area contributed by atoms with Crippen LogP contribution in [0.4, 0.5) is 0 Å². The van der Waals surface area contributed by atoms with Gasteiger partial charge in [0.15, 0.2) is 19.7 Å². The van der Waals surface area contributed by atoms with Gasteiger partial charge >= 0.3 is 0 Å². The number of rotatable bonds is 13. The third-order valence-corrected chi connectivity index (χ3v) is 9.34. The molecular formula is C22H28N2O8S4. The predicted molar refractivity (Wildman–Crippen MR) is 142 cm³/mol. The van der Waals surface area contributed by atoms with E-state index in [4.69, 9.17) is 9.47 Å². The number of carbonyl (C=O) groups excluding carboxylic acids is 2. The molecule has 2 aromatic carbocycles. The summed E-state index contributed by atoms with van der Waals surface area (Å²) in [7, 11) is -1.16. The van der Waals surface area contributed by atoms with Crippen LogP contribution in [0.2, 0.25) is 0 Å². The standard InChI is InChI=1S/C22H28N2O8S4/c1-31-19-7-5-15(35(3,27)28)13-17(19)21(25)23-9-11-33-34-12-10-24-22(26)18-14-16(36(4,29)30)6-8-20(18)32-2/h5-8,13-14H,9-12H2,1-4H3,(H,23,25)(H,24,26). The highest BCUT2D eigenvalue weighted by Gasteiger charge is 2.18. The molecule has 0 saturated carbocycles. The van der Waals surface area contributed by atoms with Crippen LogP contribution in [0, 0.1) is 0 Å². The second-order valence-electron chi connectivity index (χ2n) is 7.42. The molecule has 10 nitrogen and oxygen atoms in total. The minimum Gasteiger partial charge on any atom is -0.496 e. The van der Waals surface area contributed by atoms with Crippen LogP contribution < -0.4 is 20.1 Å². The Morgan fingerprint density at radius 3 is 1.39 bits per heavy atom. The normalized spacial score (nSPS) is 11.6. The van der Waals surface area contributed by atoms with Crippen molar-refractivity contribution >= 4 is 53.1 Å². The van der Waals surface area contributed by atoms with Crippen LogP contribution in [0.1, 0.15) is 20.7 Å². The Labute approximate surface area is 219 Å². The average Bonchev–Trinajstić information content (AvgIpc) is 2.83. The van der Waals surface area contributed by atoms with Crippen LogP contribution in [-0.2, 0) is 19.7 Å². The highest BCUT2D eigenvalue weighted by Crippen LogP contribution is 2.24. The van der Waals surface area contributed by atoms with Gasteiger partial charge in [0.2, 0.25) is 0 Å². The van der Waals surface area contributed by atoms with E-state index >= 15 is 0 Å². The molecule has 0 saturated heterocycles. The van der Waals surface area contributed by atoms with E-state index in [0.717, 1.165) is 12.5 Å². The van der Waals surface area contributed by atoms with Gasteiger partial charge in [0.1, 0.15) is 11.5 Å². The summed E-state index contributed by atoms with van der Waals surface area (Å²) in [6, 6.07) is 8.22. The van der Waals surface area contributed by atoms with Crippen molar-refractivity contribution in [3.05, 3.63) is 47.5 Å². The fraction of sp³-hybridized carbons (Fsp3) is 0.364. The second-order valence-corrected chi connectivity index (χ2v) is 14.2. The van der Waals surface area contributed by atoms with Crippen LogP contribution in [0.25, 0.3) is 0 Å². The zero-order valence-corrected chi connectivity index (χ0v) is 23.5. The maximum Gasteiger partial charge on any atom is 0.255 e. The highest BCUT2D eigenvalue weighted by atomic mass is 33.1. The first-order valence-electron chi connectivity index (χ1n) is 10.5. The molecule has 2 aromatic rings. The van der Waals surface area contributed by atoms with Crippen LogP contribution in [0.5, 0.6) is 11.5 Å². The maximum absolute atomic E-state index is 12.5. The van der Waals surface area contributed by atoms with Crippen molar-refractivity contribution in [2.75, 3.05) is 51.3 Å². The molecule has 2 N–H and O–H groups in total. The van der Waals surface area contributed by atoms with E-state index in [1.807, 2.05) is 0 Å². The van der Waals surface area contributed by atoms with Gasteiger partial charge in [-0.1, -0.05) is 21.6 Å². The Morgan fingerprint density at radius 1 is 0.722 bits per heavy atom. The van der Waals surface area contributed by atoms with Crippen LogP contribution in [0.3, 0.4) is 0 Å². The van der Waals surface area contributed by atoms with Gasteiger partial charge in [0.25, 0.3) is 11.8 Å². The van der Waals surface area contributed by atoms with Crippen molar-refractivity contribution in [3.63, 3.8) is 0 Å². The van der Waals surface area contributed by atoms with E-state index in [1.54, 1.807) is 0 Å². The van der Waals surface area contributed by atoms with Gasteiger partial charge in [-0.2, -0.15) is 0 Å². The Hall–Kier alpha value is -2.42. The molecule has 2 rings (SSSR count). The van der Waals surface area contributed by atoms with E-state index in [9.17, 15) is 26.4 Å². The Morgan fingerprint density at radius 2 is 1.08 bits per heavy atom. The molecule has 0 unspecified atom stereocenters. The predicted octanol–water partition coefficient (Wildman–Crippen LogP) is 2.05. The lowest BCUT2D eigenvalue weighted by atomic mass is 10.2. The fourth-order valence-electron chi connectivity index (χ4n) is 2.91. The molecule has 198 valence electrons. The molecule has 2 amide bonds. The van der Waals surface area contributed by atoms with Crippen molar-refractivity contribution < 1.29 is 35.9 Å². The van der Waals surface area contributed by atoms with Crippen molar-refractivity contribution in [2.45, 2.75) is 9.79 Å². The largest absolute Gasteiger partial charge is 0.496 e. The number of amides is 2. The van der Waals surface area contributed by atoms with E-state index in [1.165, 1.54) is 72.2 Å². The highest BCUT2D eigenvalue weighted by molar-refractivity contribution is 8.76. The molecule has 0 fully saturated rings. The minimum atomic E-state index is -3.47. The first kappa shape index (κ1) is 29.8.